The zero-order valence-corrected chi connectivity index (χ0v) is 10.2. The molecule has 2 aliphatic rings. The Morgan fingerprint density at radius 3 is 2.73 bits per heavy atom. The predicted molar refractivity (Wildman–Crippen MR) is 65.0 cm³/mol. The highest BCUT2D eigenvalue weighted by Gasteiger charge is 2.29. The van der Waals surface area contributed by atoms with Gasteiger partial charge in [0.15, 0.2) is 0 Å². The van der Waals surface area contributed by atoms with E-state index in [2.05, 4.69) is 4.90 Å². The van der Waals surface area contributed by atoms with Crippen LogP contribution >= 0.6 is 24.0 Å². The smallest absolute Gasteiger partial charge is 0.319 e. The highest BCUT2D eigenvalue weighted by Crippen LogP contribution is 2.26. The zero-order valence-electron chi connectivity index (χ0n) is 8.61. The van der Waals surface area contributed by atoms with Crippen molar-refractivity contribution < 1.29 is 9.53 Å². The summed E-state index contributed by atoms with van der Waals surface area (Å²) in [6.07, 6.45) is 4.54. The van der Waals surface area contributed by atoms with Crippen LogP contribution in [0.4, 0.5) is 0 Å². The Morgan fingerprint density at radius 2 is 2.13 bits per heavy atom. The number of rotatable bonds is 1. The van der Waals surface area contributed by atoms with E-state index in [4.69, 9.17) is 17.0 Å². The second kappa shape index (κ2) is 5.16. The molecule has 84 valence electrons. The molecular formula is C10H15NO2S2. The van der Waals surface area contributed by atoms with Crippen molar-refractivity contribution >= 4 is 34.3 Å². The maximum atomic E-state index is 11.3. The van der Waals surface area contributed by atoms with Gasteiger partial charge in [0.05, 0.1) is 6.61 Å². The Morgan fingerprint density at radius 1 is 1.40 bits per heavy atom. The lowest BCUT2D eigenvalue weighted by atomic mass is 10.1. The highest BCUT2D eigenvalue weighted by molar-refractivity contribution is 8.23. The molecule has 15 heavy (non-hydrogen) atoms. The molecule has 0 aliphatic carbocycles. The summed E-state index contributed by atoms with van der Waals surface area (Å²) in [5.41, 5.74) is 0. The van der Waals surface area contributed by atoms with Crippen molar-refractivity contribution in [2.45, 2.75) is 30.9 Å². The van der Waals surface area contributed by atoms with E-state index in [1.54, 1.807) is 0 Å². The van der Waals surface area contributed by atoms with E-state index in [-0.39, 0.29) is 11.2 Å². The summed E-state index contributed by atoms with van der Waals surface area (Å²) in [4.78, 5) is 13.5. The Hall–Kier alpha value is -0.290. The lowest BCUT2D eigenvalue weighted by molar-refractivity contribution is -0.137. The van der Waals surface area contributed by atoms with Crippen molar-refractivity contribution in [1.82, 2.24) is 4.90 Å². The molecule has 0 aromatic heterocycles. The molecule has 3 nitrogen and oxygen atoms in total. The third-order valence-corrected chi connectivity index (χ3v) is 4.46. The Labute approximate surface area is 99.5 Å². The number of nitrogens with zero attached hydrogens (tertiary/aromatic N) is 1. The molecule has 2 aliphatic heterocycles. The van der Waals surface area contributed by atoms with Gasteiger partial charge in [-0.15, -0.1) is 0 Å². The first-order valence-corrected chi connectivity index (χ1v) is 6.68. The van der Waals surface area contributed by atoms with E-state index in [9.17, 15) is 4.79 Å². The number of carbonyl (C=O) groups excluding carboxylic acids is 1. The van der Waals surface area contributed by atoms with E-state index < -0.39 is 0 Å². The van der Waals surface area contributed by atoms with Gasteiger partial charge in [0.2, 0.25) is 0 Å². The van der Waals surface area contributed by atoms with Gasteiger partial charge < -0.3 is 9.64 Å². The number of hydrogen-bond donors (Lipinski definition) is 0. The molecule has 2 saturated heterocycles. The van der Waals surface area contributed by atoms with Gasteiger partial charge in [0.1, 0.15) is 9.57 Å². The van der Waals surface area contributed by atoms with Gasteiger partial charge in [-0.2, -0.15) is 0 Å². The number of thiocarbonyl (C=S) groups is 1. The fraction of sp³-hybridized carbons (Fsp3) is 0.800. The minimum atomic E-state index is -0.0978. The van der Waals surface area contributed by atoms with Crippen LogP contribution < -0.4 is 0 Å². The Balaban J connectivity index is 1.82. The first-order chi connectivity index (χ1) is 7.27. The van der Waals surface area contributed by atoms with E-state index in [0.717, 1.165) is 23.8 Å². The normalized spacial score (nSPS) is 26.5. The summed E-state index contributed by atoms with van der Waals surface area (Å²) in [6.45, 7) is 2.65. The van der Waals surface area contributed by atoms with Crippen LogP contribution in [0.1, 0.15) is 25.7 Å². The molecule has 0 radical (unpaired) electrons. The molecule has 0 bridgehead atoms. The number of likely N-dealkylation sites (tertiary alicyclic amines) is 1. The number of esters is 1. The van der Waals surface area contributed by atoms with Crippen molar-refractivity contribution in [1.29, 1.82) is 0 Å². The minimum Gasteiger partial charge on any atom is -0.465 e. The molecule has 1 atom stereocenters. The lowest BCUT2D eigenvalue weighted by Gasteiger charge is -2.29. The quantitative estimate of drug-likeness (QED) is 0.519. The third kappa shape index (κ3) is 2.84. The molecule has 0 aromatic carbocycles. The average molecular weight is 245 g/mol. The topological polar surface area (TPSA) is 29.5 Å². The van der Waals surface area contributed by atoms with Gasteiger partial charge in [-0.05, 0) is 19.3 Å². The van der Waals surface area contributed by atoms with E-state index >= 15 is 0 Å². The monoisotopic (exact) mass is 245 g/mol. The van der Waals surface area contributed by atoms with Crippen molar-refractivity contribution in [3.8, 4) is 0 Å². The fourth-order valence-corrected chi connectivity index (χ4v) is 3.34. The molecule has 5 heteroatoms. The van der Waals surface area contributed by atoms with Crippen LogP contribution in [0.3, 0.4) is 0 Å². The van der Waals surface area contributed by atoms with Crippen LogP contribution in [0.15, 0.2) is 0 Å². The lowest BCUT2D eigenvalue weighted by Crippen LogP contribution is -2.34. The number of thioether (sulfide) groups is 1. The SMILES string of the molecule is O=C1OCCC1SC(=S)N1CCCCC1. The average Bonchev–Trinajstić information content (AvgIpc) is 2.66. The summed E-state index contributed by atoms with van der Waals surface area (Å²) in [5, 5.41) is -0.0561. The van der Waals surface area contributed by atoms with Crippen LogP contribution in [-0.2, 0) is 9.53 Å². The second-order valence-electron chi connectivity index (χ2n) is 3.88. The molecule has 2 rings (SSSR count). The molecule has 0 saturated carbocycles. The molecular weight excluding hydrogens is 230 g/mol. The van der Waals surface area contributed by atoms with E-state index in [1.165, 1.54) is 31.0 Å². The Kier molecular flexibility index (Phi) is 3.86. The molecule has 2 heterocycles. The molecule has 0 N–H and O–H groups in total. The van der Waals surface area contributed by atoms with E-state index in [0.29, 0.717) is 6.61 Å². The third-order valence-electron chi connectivity index (χ3n) is 2.74. The summed E-state index contributed by atoms with van der Waals surface area (Å²) in [6, 6.07) is 0. The van der Waals surface area contributed by atoms with Crippen molar-refractivity contribution in [3.63, 3.8) is 0 Å². The maximum absolute atomic E-state index is 11.3. The maximum Gasteiger partial charge on any atom is 0.319 e. The summed E-state index contributed by atoms with van der Waals surface area (Å²) in [7, 11) is 0. The van der Waals surface area contributed by atoms with Gasteiger partial charge in [-0.3, -0.25) is 4.79 Å². The molecule has 1 unspecified atom stereocenters. The molecule has 0 aromatic rings. The van der Waals surface area contributed by atoms with Gasteiger partial charge >= 0.3 is 5.97 Å². The summed E-state index contributed by atoms with van der Waals surface area (Å²) < 4.78 is 5.79. The van der Waals surface area contributed by atoms with Gasteiger partial charge in [-0.25, -0.2) is 0 Å². The Bertz CT molecular complexity index is 264. The standard InChI is InChI=1S/C10H15NO2S2/c12-9-8(4-7-13-9)15-10(14)11-5-2-1-3-6-11/h8H,1-7H2. The molecule has 2 fully saturated rings. The minimum absolute atomic E-state index is 0.0561. The van der Waals surface area contributed by atoms with Crippen molar-refractivity contribution in [2.75, 3.05) is 19.7 Å². The first kappa shape index (κ1) is 11.2. The summed E-state index contributed by atoms with van der Waals surface area (Å²) in [5.74, 6) is -0.0978. The van der Waals surface area contributed by atoms with Crippen LogP contribution in [0.5, 0.6) is 0 Å². The summed E-state index contributed by atoms with van der Waals surface area (Å²) >= 11 is 6.85. The highest BCUT2D eigenvalue weighted by atomic mass is 32.2. The van der Waals surface area contributed by atoms with Crippen LogP contribution in [0, 0.1) is 0 Å². The van der Waals surface area contributed by atoms with E-state index in [1.807, 2.05) is 0 Å². The second-order valence-corrected chi connectivity index (χ2v) is 5.71. The number of cyclic esters (lactones) is 1. The molecule has 0 spiro atoms. The number of carbonyl (C=O) groups is 1. The van der Waals surface area contributed by atoms with Crippen LogP contribution in [-0.4, -0.2) is 40.1 Å². The number of piperidine rings is 1. The van der Waals surface area contributed by atoms with Crippen molar-refractivity contribution in [2.24, 2.45) is 0 Å². The predicted octanol–water partition coefficient (Wildman–Crippen LogP) is 1.81. The molecule has 0 amide bonds. The van der Waals surface area contributed by atoms with Crippen LogP contribution in [0.25, 0.3) is 0 Å². The number of ether oxygens (including phenoxy) is 1. The van der Waals surface area contributed by atoms with Gasteiger partial charge in [-0.1, -0.05) is 24.0 Å². The zero-order chi connectivity index (χ0) is 10.7. The first-order valence-electron chi connectivity index (χ1n) is 5.39. The van der Waals surface area contributed by atoms with Gasteiger partial charge in [0, 0.05) is 19.5 Å². The van der Waals surface area contributed by atoms with Gasteiger partial charge in [0.25, 0.3) is 0 Å². The van der Waals surface area contributed by atoms with Crippen molar-refractivity contribution in [3.05, 3.63) is 0 Å². The fourth-order valence-electron chi connectivity index (χ4n) is 1.86. The van der Waals surface area contributed by atoms with Crippen LogP contribution in [0.2, 0.25) is 0 Å². The number of hydrogen-bond acceptors (Lipinski definition) is 4. The largest absolute Gasteiger partial charge is 0.465 e.